The van der Waals surface area contributed by atoms with Crippen LogP contribution in [0.4, 0.5) is 0 Å². The van der Waals surface area contributed by atoms with Crippen LogP contribution in [-0.4, -0.2) is 35.6 Å². The van der Waals surface area contributed by atoms with Gasteiger partial charge in [-0.1, -0.05) is 6.07 Å². The van der Waals surface area contributed by atoms with E-state index >= 15 is 0 Å². The summed E-state index contributed by atoms with van der Waals surface area (Å²) in [4.78, 5) is 26.3. The highest BCUT2D eigenvalue weighted by Gasteiger charge is 2.51. The van der Waals surface area contributed by atoms with Crippen LogP contribution in [0.3, 0.4) is 0 Å². The maximum Gasteiger partial charge on any atom is 0.246 e. The molecule has 23 heavy (non-hydrogen) atoms. The molecule has 0 aromatic heterocycles. The van der Waals surface area contributed by atoms with E-state index < -0.39 is 24.0 Å². The van der Waals surface area contributed by atoms with Gasteiger partial charge >= 0.3 is 0 Å². The van der Waals surface area contributed by atoms with Crippen LogP contribution in [0.25, 0.3) is 0 Å². The van der Waals surface area contributed by atoms with Gasteiger partial charge in [-0.05, 0) is 31.0 Å². The molecule has 2 amide bonds. The Morgan fingerprint density at radius 2 is 2.09 bits per heavy atom. The van der Waals surface area contributed by atoms with Crippen LogP contribution in [0.1, 0.15) is 24.9 Å². The second-order valence-corrected chi connectivity index (χ2v) is 6.02. The average molecular weight is 313 g/mol. The number of fused-ring (bicyclic) bond motifs is 2. The third-order valence-electron chi connectivity index (χ3n) is 4.68. The summed E-state index contributed by atoms with van der Waals surface area (Å²) >= 11 is 0. The lowest BCUT2D eigenvalue weighted by molar-refractivity contribution is -0.148. The first-order valence-electron chi connectivity index (χ1n) is 7.52. The van der Waals surface area contributed by atoms with Gasteiger partial charge in [-0.3, -0.25) is 9.59 Å². The molecule has 0 bridgehead atoms. The van der Waals surface area contributed by atoms with Crippen molar-refractivity contribution in [1.82, 2.24) is 10.2 Å². The Hall–Kier alpha value is -2.75. The second-order valence-electron chi connectivity index (χ2n) is 6.02. The second kappa shape index (κ2) is 4.88. The molecule has 0 saturated carbocycles. The minimum atomic E-state index is -0.584. The lowest BCUT2D eigenvalue weighted by atomic mass is 9.94. The first kappa shape index (κ1) is 13.9. The van der Waals surface area contributed by atoms with Crippen molar-refractivity contribution in [2.24, 2.45) is 5.92 Å². The Kier molecular flexibility index (Phi) is 2.94. The van der Waals surface area contributed by atoms with Gasteiger partial charge < -0.3 is 19.7 Å². The number of benzene rings is 1. The van der Waals surface area contributed by atoms with E-state index in [2.05, 4.69) is 11.4 Å². The largest absolute Gasteiger partial charge is 0.454 e. The summed E-state index contributed by atoms with van der Waals surface area (Å²) in [6, 6.07) is 6.04. The number of carbonyl (C=O) groups excluding carboxylic acids is 2. The van der Waals surface area contributed by atoms with Gasteiger partial charge in [0.05, 0.1) is 18.0 Å². The maximum absolute atomic E-state index is 12.6. The summed E-state index contributed by atoms with van der Waals surface area (Å²) in [5.41, 5.74) is 0.790. The molecule has 4 unspecified atom stereocenters. The summed E-state index contributed by atoms with van der Waals surface area (Å²) in [6.45, 7) is 1.82. The van der Waals surface area contributed by atoms with E-state index in [4.69, 9.17) is 9.47 Å². The number of nitrogens with one attached hydrogen (secondary N) is 1. The Balaban J connectivity index is 1.77. The van der Waals surface area contributed by atoms with Crippen molar-refractivity contribution in [2.75, 3.05) is 6.79 Å². The molecule has 4 atom stereocenters. The number of hydrogen-bond donors (Lipinski definition) is 1. The number of carbonyl (C=O) groups is 2. The van der Waals surface area contributed by atoms with E-state index in [-0.39, 0.29) is 18.6 Å². The van der Waals surface area contributed by atoms with Crippen molar-refractivity contribution in [2.45, 2.75) is 31.5 Å². The van der Waals surface area contributed by atoms with Crippen molar-refractivity contribution >= 4 is 11.8 Å². The summed E-state index contributed by atoms with van der Waals surface area (Å²) in [5.74, 6) is 0.466. The van der Waals surface area contributed by atoms with Gasteiger partial charge in [-0.25, -0.2) is 0 Å². The van der Waals surface area contributed by atoms with Gasteiger partial charge in [0, 0.05) is 0 Å². The fourth-order valence-electron chi connectivity index (χ4n) is 3.60. The van der Waals surface area contributed by atoms with Gasteiger partial charge in [-0.15, -0.1) is 0 Å². The van der Waals surface area contributed by atoms with Crippen LogP contribution in [0.2, 0.25) is 0 Å². The Bertz CT molecular complexity index is 741. The number of ether oxygens (including phenoxy) is 2. The lowest BCUT2D eigenvalue weighted by Crippen LogP contribution is -2.60. The van der Waals surface area contributed by atoms with Gasteiger partial charge in [-0.2, -0.15) is 5.26 Å². The number of nitriles is 1. The number of nitrogens with zero attached hydrogens (tertiary/aromatic N) is 2. The molecule has 0 spiro atoms. The third-order valence-corrected chi connectivity index (χ3v) is 4.68. The summed E-state index contributed by atoms with van der Waals surface area (Å²) in [6.07, 6.45) is 0.347. The fourth-order valence-corrected chi connectivity index (χ4v) is 3.60. The molecule has 3 aliphatic rings. The number of piperazine rings is 1. The van der Waals surface area contributed by atoms with Gasteiger partial charge in [0.2, 0.25) is 18.6 Å². The molecule has 1 aromatic carbocycles. The van der Waals surface area contributed by atoms with E-state index in [0.29, 0.717) is 17.9 Å². The summed E-state index contributed by atoms with van der Waals surface area (Å²) in [5, 5.41) is 12.2. The zero-order chi connectivity index (χ0) is 16.1. The molecule has 7 nitrogen and oxygen atoms in total. The van der Waals surface area contributed by atoms with E-state index in [1.54, 1.807) is 24.0 Å². The molecule has 3 heterocycles. The highest BCUT2D eigenvalue weighted by molar-refractivity contribution is 5.97. The van der Waals surface area contributed by atoms with Gasteiger partial charge in [0.1, 0.15) is 12.1 Å². The molecule has 118 valence electrons. The van der Waals surface area contributed by atoms with E-state index in [1.165, 1.54) is 0 Å². The van der Waals surface area contributed by atoms with Crippen molar-refractivity contribution in [1.29, 1.82) is 5.26 Å². The van der Waals surface area contributed by atoms with Crippen LogP contribution in [-0.2, 0) is 9.59 Å². The van der Waals surface area contributed by atoms with Crippen molar-refractivity contribution in [3.63, 3.8) is 0 Å². The molecule has 3 aliphatic heterocycles. The fraction of sp³-hybridized carbons (Fsp3) is 0.438. The minimum Gasteiger partial charge on any atom is -0.454 e. The molecule has 1 N–H and O–H groups in total. The quantitative estimate of drug-likeness (QED) is 0.824. The predicted octanol–water partition coefficient (Wildman–Crippen LogP) is 0.715. The first-order chi connectivity index (χ1) is 11.1. The number of rotatable bonds is 1. The molecule has 1 aromatic rings. The molecular formula is C16H15N3O4. The van der Waals surface area contributed by atoms with E-state index in [1.807, 2.05) is 6.07 Å². The van der Waals surface area contributed by atoms with Crippen molar-refractivity contribution < 1.29 is 19.1 Å². The molecule has 7 heteroatoms. The SMILES string of the molecule is CC1NC(=O)C2CC(C#N)C(c3ccc4c(c3)OCO4)N2C1=O. The number of amides is 2. The Labute approximate surface area is 132 Å². The lowest BCUT2D eigenvalue weighted by Gasteiger charge is -2.37. The highest BCUT2D eigenvalue weighted by atomic mass is 16.7. The average Bonchev–Trinajstić information content (AvgIpc) is 3.16. The Morgan fingerprint density at radius 1 is 1.30 bits per heavy atom. The van der Waals surface area contributed by atoms with Crippen molar-refractivity contribution in [3.8, 4) is 17.6 Å². The standard InChI is InChI=1S/C16H15N3O4/c1-8-16(21)19-11(15(20)18-8)4-10(6-17)14(19)9-2-3-12-13(5-9)23-7-22-12/h2-3,5,8,10-11,14H,4,7H2,1H3,(H,18,20). The molecule has 0 aliphatic carbocycles. The number of hydrogen-bond acceptors (Lipinski definition) is 5. The first-order valence-corrected chi connectivity index (χ1v) is 7.52. The maximum atomic E-state index is 12.6. The molecule has 2 saturated heterocycles. The zero-order valence-electron chi connectivity index (χ0n) is 12.5. The molecular weight excluding hydrogens is 298 g/mol. The zero-order valence-corrected chi connectivity index (χ0v) is 12.5. The third kappa shape index (κ3) is 1.95. The van der Waals surface area contributed by atoms with Crippen LogP contribution < -0.4 is 14.8 Å². The Morgan fingerprint density at radius 3 is 2.87 bits per heavy atom. The molecule has 4 rings (SSSR count). The van der Waals surface area contributed by atoms with E-state index in [0.717, 1.165) is 5.56 Å². The van der Waals surface area contributed by atoms with Crippen LogP contribution >= 0.6 is 0 Å². The molecule has 2 fully saturated rings. The van der Waals surface area contributed by atoms with Gasteiger partial charge in [0.15, 0.2) is 11.5 Å². The van der Waals surface area contributed by atoms with Gasteiger partial charge in [0.25, 0.3) is 0 Å². The topological polar surface area (TPSA) is 91.7 Å². The monoisotopic (exact) mass is 313 g/mol. The predicted molar refractivity (Wildman–Crippen MR) is 77.3 cm³/mol. The smallest absolute Gasteiger partial charge is 0.246 e. The summed E-state index contributed by atoms with van der Waals surface area (Å²) < 4.78 is 10.7. The van der Waals surface area contributed by atoms with Crippen LogP contribution in [0, 0.1) is 17.2 Å². The van der Waals surface area contributed by atoms with Crippen LogP contribution in [0.15, 0.2) is 18.2 Å². The molecule has 0 radical (unpaired) electrons. The van der Waals surface area contributed by atoms with Crippen LogP contribution in [0.5, 0.6) is 11.5 Å². The highest BCUT2D eigenvalue weighted by Crippen LogP contribution is 2.45. The van der Waals surface area contributed by atoms with E-state index in [9.17, 15) is 14.9 Å². The normalized spacial score (nSPS) is 31.6. The summed E-state index contributed by atoms with van der Waals surface area (Å²) in [7, 11) is 0. The minimum absolute atomic E-state index is 0.157. The van der Waals surface area contributed by atoms with Crippen molar-refractivity contribution in [3.05, 3.63) is 23.8 Å².